The van der Waals surface area contributed by atoms with Crippen molar-refractivity contribution in [1.29, 1.82) is 0 Å². The first-order valence-corrected chi connectivity index (χ1v) is 14.6. The fourth-order valence-corrected chi connectivity index (χ4v) is 11.2. The van der Waals surface area contributed by atoms with Gasteiger partial charge < -0.3 is 5.11 Å². The molecule has 0 spiro atoms. The summed E-state index contributed by atoms with van der Waals surface area (Å²) in [5, 5.41) is 10.5. The summed E-state index contributed by atoms with van der Waals surface area (Å²) in [6.45, 7) is 20.2. The molecule has 192 valence electrons. The largest absolute Gasteiger partial charge is 0.481 e. The van der Waals surface area contributed by atoms with Gasteiger partial charge in [-0.05, 0) is 115 Å². The molecule has 0 aliphatic heterocycles. The zero-order valence-electron chi connectivity index (χ0n) is 23.5. The number of carboxylic acid groups (broad SMARTS) is 1. The first-order valence-electron chi connectivity index (χ1n) is 14.6. The molecule has 0 aromatic rings. The fraction of sp³-hybridized carbons (Fsp3) is 0.906. The van der Waals surface area contributed by atoms with Gasteiger partial charge in [0, 0.05) is 0 Å². The molecule has 0 bridgehead atoms. The van der Waals surface area contributed by atoms with Crippen molar-refractivity contribution in [1.82, 2.24) is 0 Å². The summed E-state index contributed by atoms with van der Waals surface area (Å²) in [5.74, 6) is 2.07. The Balaban J connectivity index is 1.60. The van der Waals surface area contributed by atoms with Crippen LogP contribution in [0.25, 0.3) is 0 Å². The molecule has 0 saturated heterocycles. The minimum Gasteiger partial charge on any atom is -0.481 e. The van der Waals surface area contributed by atoms with Crippen LogP contribution in [-0.4, -0.2) is 11.1 Å². The van der Waals surface area contributed by atoms with E-state index in [0.717, 1.165) is 49.9 Å². The molecule has 5 aliphatic carbocycles. The van der Waals surface area contributed by atoms with Crippen molar-refractivity contribution in [2.75, 3.05) is 0 Å². The Bertz CT molecular complexity index is 901. The van der Waals surface area contributed by atoms with Crippen LogP contribution in [0.15, 0.2) is 11.6 Å². The van der Waals surface area contributed by atoms with E-state index in [2.05, 4.69) is 61.5 Å². The van der Waals surface area contributed by atoms with E-state index in [1.807, 2.05) is 0 Å². The Morgan fingerprint density at radius 2 is 1.62 bits per heavy atom. The lowest BCUT2D eigenvalue weighted by molar-refractivity contribution is -0.198. The van der Waals surface area contributed by atoms with E-state index in [0.29, 0.717) is 10.8 Å². The van der Waals surface area contributed by atoms with Crippen molar-refractivity contribution in [2.45, 2.75) is 126 Å². The van der Waals surface area contributed by atoms with Gasteiger partial charge in [0.15, 0.2) is 0 Å². The molecule has 3 unspecified atom stereocenters. The maximum absolute atomic E-state index is 12.8. The quantitative estimate of drug-likeness (QED) is 0.411. The highest BCUT2D eigenvalue weighted by Crippen LogP contribution is 2.76. The number of carbonyl (C=O) groups is 1. The van der Waals surface area contributed by atoms with Gasteiger partial charge in [-0.15, -0.1) is 0 Å². The summed E-state index contributed by atoms with van der Waals surface area (Å²) in [6.07, 6.45) is 15.4. The number of fused-ring (bicyclic) bond motifs is 7. The van der Waals surface area contributed by atoms with E-state index < -0.39 is 11.4 Å². The van der Waals surface area contributed by atoms with Gasteiger partial charge in [-0.2, -0.15) is 0 Å². The smallest absolute Gasteiger partial charge is 0.310 e. The van der Waals surface area contributed by atoms with E-state index in [1.54, 1.807) is 5.57 Å². The van der Waals surface area contributed by atoms with E-state index in [4.69, 9.17) is 0 Å². The zero-order chi connectivity index (χ0) is 24.9. The highest BCUT2D eigenvalue weighted by atomic mass is 16.4. The summed E-state index contributed by atoms with van der Waals surface area (Å²) < 4.78 is 0. The van der Waals surface area contributed by atoms with Gasteiger partial charge in [0.25, 0.3) is 0 Å². The molecule has 0 radical (unpaired) electrons. The van der Waals surface area contributed by atoms with E-state index >= 15 is 0 Å². The number of allylic oxidation sites excluding steroid dienone is 2. The van der Waals surface area contributed by atoms with Gasteiger partial charge in [-0.25, -0.2) is 0 Å². The van der Waals surface area contributed by atoms with Crippen molar-refractivity contribution in [3.05, 3.63) is 11.6 Å². The van der Waals surface area contributed by atoms with E-state index in [1.165, 1.54) is 38.5 Å². The Hall–Kier alpha value is -0.790. The van der Waals surface area contributed by atoms with Gasteiger partial charge in [0.05, 0.1) is 5.41 Å². The number of hydrogen-bond donors (Lipinski definition) is 1. The second-order valence-electron chi connectivity index (χ2n) is 15.5. The van der Waals surface area contributed by atoms with Crippen LogP contribution in [0.4, 0.5) is 0 Å². The number of carboxylic acids is 1. The lowest BCUT2D eigenvalue weighted by atomic mass is 9.33. The lowest BCUT2D eigenvalue weighted by Gasteiger charge is -2.71. The van der Waals surface area contributed by atoms with Gasteiger partial charge in [0.2, 0.25) is 0 Å². The minimum atomic E-state index is -0.522. The number of aliphatic carboxylic acids is 1. The maximum Gasteiger partial charge on any atom is 0.310 e. The van der Waals surface area contributed by atoms with Crippen LogP contribution < -0.4 is 0 Å². The van der Waals surface area contributed by atoms with Crippen molar-refractivity contribution >= 4 is 5.97 Å². The first kappa shape index (κ1) is 24.9. The molecule has 34 heavy (non-hydrogen) atoms. The lowest BCUT2D eigenvalue weighted by Crippen LogP contribution is -2.64. The highest BCUT2D eigenvalue weighted by molar-refractivity contribution is 5.76. The van der Waals surface area contributed by atoms with Gasteiger partial charge in [0.1, 0.15) is 0 Å². The van der Waals surface area contributed by atoms with Crippen LogP contribution in [-0.2, 0) is 4.79 Å². The molecule has 0 aromatic carbocycles. The van der Waals surface area contributed by atoms with Crippen molar-refractivity contribution in [3.8, 4) is 0 Å². The molecular formula is C32H52O2. The molecule has 9 atom stereocenters. The second-order valence-corrected chi connectivity index (χ2v) is 15.5. The Kier molecular flexibility index (Phi) is 5.40. The molecular weight excluding hydrogens is 416 g/mol. The maximum atomic E-state index is 12.8. The third-order valence-corrected chi connectivity index (χ3v) is 14.1. The van der Waals surface area contributed by atoms with Crippen molar-refractivity contribution in [3.63, 3.8) is 0 Å². The van der Waals surface area contributed by atoms with Crippen molar-refractivity contribution < 1.29 is 9.90 Å². The zero-order valence-corrected chi connectivity index (χ0v) is 23.5. The summed E-state index contributed by atoms with van der Waals surface area (Å²) in [4.78, 5) is 12.8. The third kappa shape index (κ3) is 2.89. The van der Waals surface area contributed by atoms with E-state index in [9.17, 15) is 9.90 Å². The van der Waals surface area contributed by atoms with Gasteiger partial charge in [-0.1, -0.05) is 73.5 Å². The summed E-state index contributed by atoms with van der Waals surface area (Å²) in [6, 6.07) is 0. The predicted octanol–water partition coefficient (Wildman–Crippen LogP) is 8.90. The standard InChI is InChI=1S/C32H52O2/c1-9-28(5)21(2)12-14-29(6)24(28)13-15-31(8)25(29)11-10-22-23-20-27(3,4)16-18-32(23,26(33)34)19-17-30(22,31)7/h10,21,23-25H,9,11-20H2,1-8H3,(H,33,34)/t21-,23?,24-,25?,28-,29?,30+,31-,32-/m0/s1. The van der Waals surface area contributed by atoms with Crippen LogP contribution >= 0.6 is 0 Å². The van der Waals surface area contributed by atoms with Crippen molar-refractivity contribution in [2.24, 2.45) is 56.2 Å². The average molecular weight is 469 g/mol. The Morgan fingerprint density at radius 1 is 0.941 bits per heavy atom. The number of rotatable bonds is 2. The topological polar surface area (TPSA) is 37.3 Å². The Labute approximate surface area is 209 Å². The molecule has 1 N–H and O–H groups in total. The average Bonchev–Trinajstić information content (AvgIpc) is 2.76. The van der Waals surface area contributed by atoms with Gasteiger partial charge >= 0.3 is 5.97 Å². The highest BCUT2D eigenvalue weighted by Gasteiger charge is 2.69. The molecule has 4 saturated carbocycles. The summed E-state index contributed by atoms with van der Waals surface area (Å²) in [7, 11) is 0. The SMILES string of the molecule is CC[C@]1(C)[C@@H]2CC[C@@]3(C)C(CC=C4C5CC(C)(C)CC[C@]5(C(=O)O)CC[C@]43C)C2(C)CC[C@@H]1C. The molecule has 5 aliphatic rings. The monoisotopic (exact) mass is 468 g/mol. The van der Waals surface area contributed by atoms with Crippen LogP contribution in [0, 0.1) is 56.2 Å². The second kappa shape index (κ2) is 7.38. The van der Waals surface area contributed by atoms with Crippen LogP contribution in [0.2, 0.25) is 0 Å². The molecule has 2 heteroatoms. The predicted molar refractivity (Wildman–Crippen MR) is 140 cm³/mol. The molecule has 4 fully saturated rings. The van der Waals surface area contributed by atoms with E-state index in [-0.39, 0.29) is 22.2 Å². The fourth-order valence-electron chi connectivity index (χ4n) is 11.2. The molecule has 0 amide bonds. The summed E-state index contributed by atoms with van der Waals surface area (Å²) in [5.41, 5.74) is 2.58. The molecule has 5 rings (SSSR count). The molecule has 0 aromatic heterocycles. The third-order valence-electron chi connectivity index (χ3n) is 14.1. The normalized spacial score (nSPS) is 54.1. The van der Waals surface area contributed by atoms with Gasteiger partial charge in [-0.3, -0.25) is 4.79 Å². The number of hydrogen-bond acceptors (Lipinski definition) is 1. The summed E-state index contributed by atoms with van der Waals surface area (Å²) >= 11 is 0. The van der Waals surface area contributed by atoms with Crippen LogP contribution in [0.1, 0.15) is 126 Å². The molecule has 0 heterocycles. The molecule has 2 nitrogen and oxygen atoms in total. The van der Waals surface area contributed by atoms with Crippen LogP contribution in [0.3, 0.4) is 0 Å². The van der Waals surface area contributed by atoms with Crippen LogP contribution in [0.5, 0.6) is 0 Å². The Morgan fingerprint density at radius 3 is 2.26 bits per heavy atom. The first-order chi connectivity index (χ1) is 15.7. The minimum absolute atomic E-state index is 0.145.